The zero-order chi connectivity index (χ0) is 14.8. The molecule has 0 N–H and O–H groups in total. The van der Waals surface area contributed by atoms with Crippen molar-refractivity contribution in [2.45, 2.75) is 37.6 Å². The number of rotatable bonds is 4. The molecule has 0 radical (unpaired) electrons. The van der Waals surface area contributed by atoms with E-state index in [0.717, 1.165) is 24.0 Å². The van der Waals surface area contributed by atoms with Crippen LogP contribution in [0.5, 0.6) is 0 Å². The lowest BCUT2D eigenvalue weighted by atomic mass is 10.1. The van der Waals surface area contributed by atoms with Crippen molar-refractivity contribution in [3.63, 3.8) is 0 Å². The van der Waals surface area contributed by atoms with Crippen LogP contribution in [0.2, 0.25) is 0 Å². The highest BCUT2D eigenvalue weighted by molar-refractivity contribution is 7.89. The number of sulfonamides is 1. The Hall–Kier alpha value is -1.56. The summed E-state index contributed by atoms with van der Waals surface area (Å²) in [5.74, 6) is 0. The summed E-state index contributed by atoms with van der Waals surface area (Å²) in [6.45, 7) is 4.53. The van der Waals surface area contributed by atoms with Gasteiger partial charge < -0.3 is 0 Å². The maximum Gasteiger partial charge on any atom is 0.243 e. The lowest BCUT2D eigenvalue weighted by Gasteiger charge is -2.23. The Balaban J connectivity index is 2.33. The van der Waals surface area contributed by atoms with E-state index in [-0.39, 0.29) is 12.6 Å². The van der Waals surface area contributed by atoms with Gasteiger partial charge in [-0.3, -0.25) is 0 Å². The minimum absolute atomic E-state index is 0.195. The van der Waals surface area contributed by atoms with Gasteiger partial charge in [-0.1, -0.05) is 11.2 Å². The van der Waals surface area contributed by atoms with Crippen molar-refractivity contribution in [1.29, 1.82) is 0 Å². The van der Waals surface area contributed by atoms with E-state index in [0.29, 0.717) is 11.4 Å². The molecule has 0 saturated carbocycles. The molecule has 1 heterocycles. The standard InChI is InChI=1S/C13H18N4O2S/c1-10-5-6-13(8-11(10)2)20(18,19)17-7-3-4-12(17)9-15-16-14/h5-6,8,12H,3-4,7,9H2,1-2H3. The molecular weight excluding hydrogens is 276 g/mol. The van der Waals surface area contributed by atoms with E-state index in [9.17, 15) is 8.42 Å². The van der Waals surface area contributed by atoms with Gasteiger partial charge in [0.15, 0.2) is 0 Å². The van der Waals surface area contributed by atoms with Gasteiger partial charge in [0.2, 0.25) is 10.0 Å². The molecular formula is C13H18N4O2S. The molecule has 0 aromatic heterocycles. The van der Waals surface area contributed by atoms with Crippen LogP contribution in [0.3, 0.4) is 0 Å². The zero-order valence-corrected chi connectivity index (χ0v) is 12.5. The molecule has 6 nitrogen and oxygen atoms in total. The third-order valence-electron chi connectivity index (χ3n) is 3.76. The summed E-state index contributed by atoms with van der Waals surface area (Å²) in [6.07, 6.45) is 1.54. The first kappa shape index (κ1) is 14.8. The van der Waals surface area contributed by atoms with Crippen LogP contribution < -0.4 is 0 Å². The topological polar surface area (TPSA) is 86.1 Å². The number of nitrogens with zero attached hydrogens (tertiary/aromatic N) is 4. The van der Waals surface area contributed by atoms with E-state index in [4.69, 9.17) is 5.53 Å². The summed E-state index contributed by atoms with van der Waals surface area (Å²) in [4.78, 5) is 3.03. The Morgan fingerprint density at radius 3 is 2.80 bits per heavy atom. The second-order valence-electron chi connectivity index (χ2n) is 5.07. The molecule has 1 aliphatic heterocycles. The fourth-order valence-electron chi connectivity index (χ4n) is 2.45. The predicted octanol–water partition coefficient (Wildman–Crippen LogP) is 2.77. The molecule has 0 amide bonds. The van der Waals surface area contributed by atoms with Gasteiger partial charge in [-0.25, -0.2) is 8.42 Å². The fourth-order valence-corrected chi connectivity index (χ4v) is 4.22. The van der Waals surface area contributed by atoms with Crippen molar-refractivity contribution < 1.29 is 8.42 Å². The number of hydrogen-bond donors (Lipinski definition) is 0. The third-order valence-corrected chi connectivity index (χ3v) is 5.71. The van der Waals surface area contributed by atoms with Gasteiger partial charge in [0.1, 0.15) is 0 Å². The number of azide groups is 1. The molecule has 1 saturated heterocycles. The molecule has 1 unspecified atom stereocenters. The van der Waals surface area contributed by atoms with Crippen LogP contribution in [0.4, 0.5) is 0 Å². The lowest BCUT2D eigenvalue weighted by Crippen LogP contribution is -2.37. The summed E-state index contributed by atoms with van der Waals surface area (Å²) in [5.41, 5.74) is 10.4. The van der Waals surface area contributed by atoms with E-state index in [1.807, 2.05) is 19.9 Å². The first-order chi connectivity index (χ1) is 9.46. The smallest absolute Gasteiger partial charge is 0.207 e. The number of benzene rings is 1. The van der Waals surface area contributed by atoms with Crippen molar-refractivity contribution in [1.82, 2.24) is 4.31 Å². The summed E-state index contributed by atoms with van der Waals surface area (Å²) in [6, 6.07) is 4.94. The van der Waals surface area contributed by atoms with E-state index >= 15 is 0 Å². The largest absolute Gasteiger partial charge is 0.243 e. The summed E-state index contributed by atoms with van der Waals surface area (Å²) < 4.78 is 26.8. The molecule has 1 aliphatic rings. The van der Waals surface area contributed by atoms with E-state index in [1.165, 1.54) is 4.31 Å². The van der Waals surface area contributed by atoms with Crippen LogP contribution in [-0.2, 0) is 10.0 Å². The Bertz CT molecular complexity index is 650. The maximum absolute atomic E-state index is 12.7. The molecule has 1 atom stereocenters. The van der Waals surface area contributed by atoms with Crippen molar-refractivity contribution >= 4 is 10.0 Å². The van der Waals surface area contributed by atoms with Crippen LogP contribution in [0, 0.1) is 13.8 Å². The van der Waals surface area contributed by atoms with Gasteiger partial charge in [0.25, 0.3) is 0 Å². The van der Waals surface area contributed by atoms with Crippen LogP contribution in [0.15, 0.2) is 28.2 Å². The molecule has 1 aromatic rings. The molecule has 0 spiro atoms. The van der Waals surface area contributed by atoms with E-state index in [2.05, 4.69) is 10.0 Å². The molecule has 1 aromatic carbocycles. The second kappa shape index (κ2) is 5.83. The fraction of sp³-hybridized carbons (Fsp3) is 0.538. The quantitative estimate of drug-likeness (QED) is 0.485. The highest BCUT2D eigenvalue weighted by atomic mass is 32.2. The Labute approximate surface area is 119 Å². The SMILES string of the molecule is Cc1ccc(S(=O)(=O)N2CCCC2CN=[N+]=[N-])cc1C. The Morgan fingerprint density at radius 1 is 1.40 bits per heavy atom. The van der Waals surface area contributed by atoms with Crippen molar-refractivity contribution in [3.05, 3.63) is 39.8 Å². The van der Waals surface area contributed by atoms with Gasteiger partial charge in [-0.2, -0.15) is 4.31 Å². The average molecular weight is 294 g/mol. The van der Waals surface area contributed by atoms with Crippen LogP contribution >= 0.6 is 0 Å². The van der Waals surface area contributed by atoms with Gasteiger partial charge in [-0.15, -0.1) is 0 Å². The Kier molecular flexibility index (Phi) is 4.32. The van der Waals surface area contributed by atoms with Crippen molar-refractivity contribution in [2.75, 3.05) is 13.1 Å². The van der Waals surface area contributed by atoms with Gasteiger partial charge in [0, 0.05) is 24.0 Å². The average Bonchev–Trinajstić information content (AvgIpc) is 2.88. The number of hydrogen-bond acceptors (Lipinski definition) is 3. The molecule has 2 rings (SSSR count). The van der Waals surface area contributed by atoms with Crippen LogP contribution in [0.25, 0.3) is 10.4 Å². The maximum atomic E-state index is 12.7. The Morgan fingerprint density at radius 2 is 2.15 bits per heavy atom. The number of aryl methyl sites for hydroxylation is 2. The van der Waals surface area contributed by atoms with Crippen LogP contribution in [-0.4, -0.2) is 31.9 Å². The molecule has 0 aliphatic carbocycles. The first-order valence-electron chi connectivity index (χ1n) is 6.57. The normalized spacial score (nSPS) is 19.8. The molecule has 20 heavy (non-hydrogen) atoms. The molecule has 0 bridgehead atoms. The molecule has 7 heteroatoms. The van der Waals surface area contributed by atoms with Crippen molar-refractivity contribution in [3.8, 4) is 0 Å². The van der Waals surface area contributed by atoms with Gasteiger partial charge in [-0.05, 0) is 55.5 Å². The monoisotopic (exact) mass is 294 g/mol. The highest BCUT2D eigenvalue weighted by Gasteiger charge is 2.34. The first-order valence-corrected chi connectivity index (χ1v) is 8.01. The van der Waals surface area contributed by atoms with Gasteiger partial charge >= 0.3 is 0 Å². The summed E-state index contributed by atoms with van der Waals surface area (Å²) in [5, 5.41) is 3.52. The highest BCUT2D eigenvalue weighted by Crippen LogP contribution is 2.27. The lowest BCUT2D eigenvalue weighted by molar-refractivity contribution is 0.393. The summed E-state index contributed by atoms with van der Waals surface area (Å²) in [7, 11) is -3.51. The second-order valence-corrected chi connectivity index (χ2v) is 6.96. The third kappa shape index (κ3) is 2.80. The van der Waals surface area contributed by atoms with E-state index < -0.39 is 10.0 Å². The van der Waals surface area contributed by atoms with Crippen molar-refractivity contribution in [2.24, 2.45) is 5.11 Å². The zero-order valence-electron chi connectivity index (χ0n) is 11.7. The minimum atomic E-state index is -3.51. The molecule has 1 fully saturated rings. The van der Waals surface area contributed by atoms with E-state index in [1.54, 1.807) is 12.1 Å². The molecule has 108 valence electrons. The predicted molar refractivity (Wildman–Crippen MR) is 76.8 cm³/mol. The minimum Gasteiger partial charge on any atom is -0.207 e. The van der Waals surface area contributed by atoms with Crippen LogP contribution in [0.1, 0.15) is 24.0 Å². The summed E-state index contributed by atoms with van der Waals surface area (Å²) >= 11 is 0. The van der Waals surface area contributed by atoms with Gasteiger partial charge in [0.05, 0.1) is 4.90 Å².